The summed E-state index contributed by atoms with van der Waals surface area (Å²) < 4.78 is 0. The number of allylic oxidation sites excluding steroid dienone is 1. The normalized spacial score (nSPS) is 13.5. The molecule has 0 spiro atoms. The molecule has 0 saturated carbocycles. The smallest absolute Gasteiger partial charge is 0.0316 e. The maximum atomic E-state index is 4.29. The van der Waals surface area contributed by atoms with Gasteiger partial charge in [0.05, 0.1) is 0 Å². The van der Waals surface area contributed by atoms with Crippen LogP contribution < -0.4 is 0 Å². The van der Waals surface area contributed by atoms with Crippen LogP contribution in [0.3, 0.4) is 0 Å². The summed E-state index contributed by atoms with van der Waals surface area (Å²) in [7, 11) is 4.19. The molecule has 0 aliphatic heterocycles. The lowest BCUT2D eigenvalue weighted by Gasteiger charge is -2.20. The van der Waals surface area contributed by atoms with Gasteiger partial charge in [-0.2, -0.15) is 0 Å². The lowest BCUT2D eigenvalue weighted by Crippen LogP contribution is -2.11. The van der Waals surface area contributed by atoms with E-state index in [2.05, 4.69) is 50.6 Å². The molecule has 0 aromatic heterocycles. The van der Waals surface area contributed by atoms with Crippen LogP contribution in [0.1, 0.15) is 84.5 Å². The molecule has 2 nitrogen and oxygen atoms in total. The SMILES string of the molecule is C=C/N=C\C(=C/N(C)C)C(CCCCCC)CCCCCCC. The Hall–Kier alpha value is -1.05. The minimum Gasteiger partial charge on any atom is -0.383 e. The van der Waals surface area contributed by atoms with Gasteiger partial charge in [-0.3, -0.25) is 4.99 Å². The van der Waals surface area contributed by atoms with Crippen molar-refractivity contribution in [1.82, 2.24) is 4.90 Å². The van der Waals surface area contributed by atoms with E-state index in [0.29, 0.717) is 5.92 Å². The third-order valence-electron chi connectivity index (χ3n) is 4.27. The number of rotatable bonds is 15. The van der Waals surface area contributed by atoms with Crippen molar-refractivity contribution in [2.75, 3.05) is 14.1 Å². The summed E-state index contributed by atoms with van der Waals surface area (Å²) >= 11 is 0. The Morgan fingerprint density at radius 1 is 0.913 bits per heavy atom. The van der Waals surface area contributed by atoms with Crippen LogP contribution in [-0.2, 0) is 0 Å². The first kappa shape index (κ1) is 21.9. The molecular weight excluding hydrogens is 280 g/mol. The highest BCUT2D eigenvalue weighted by Crippen LogP contribution is 2.25. The zero-order valence-corrected chi connectivity index (χ0v) is 16.2. The number of nitrogens with zero attached hydrogens (tertiary/aromatic N) is 2. The van der Waals surface area contributed by atoms with Crippen molar-refractivity contribution in [2.24, 2.45) is 10.9 Å². The van der Waals surface area contributed by atoms with Crippen LogP contribution in [0.4, 0.5) is 0 Å². The van der Waals surface area contributed by atoms with E-state index in [0.717, 1.165) is 0 Å². The lowest BCUT2D eigenvalue weighted by molar-refractivity contribution is 0.453. The standard InChI is InChI=1S/C21H40N2/c1-6-9-11-13-15-17-20(16-14-12-10-7-2)21(18-22-8-3)19-23(4)5/h8,18-20H,3,6-7,9-17H2,1-2,4-5H3/b21-19+,22-18-. The van der Waals surface area contributed by atoms with Gasteiger partial charge in [0.2, 0.25) is 0 Å². The molecule has 0 radical (unpaired) electrons. The molecule has 0 N–H and O–H groups in total. The summed E-state index contributed by atoms with van der Waals surface area (Å²) in [6.45, 7) is 8.27. The molecule has 1 atom stereocenters. The maximum Gasteiger partial charge on any atom is 0.0316 e. The first-order valence-electron chi connectivity index (χ1n) is 9.67. The Kier molecular flexibility index (Phi) is 15.1. The highest BCUT2D eigenvalue weighted by molar-refractivity contribution is 5.79. The van der Waals surface area contributed by atoms with Crippen molar-refractivity contribution in [3.8, 4) is 0 Å². The summed E-state index contributed by atoms with van der Waals surface area (Å²) in [6.07, 6.45) is 20.6. The quantitative estimate of drug-likeness (QED) is 0.245. The lowest BCUT2D eigenvalue weighted by atomic mass is 9.88. The zero-order chi connectivity index (χ0) is 17.3. The van der Waals surface area contributed by atoms with E-state index in [4.69, 9.17) is 0 Å². The van der Waals surface area contributed by atoms with Gasteiger partial charge in [-0.25, -0.2) is 0 Å². The molecule has 0 aromatic carbocycles. The van der Waals surface area contributed by atoms with Crippen LogP contribution in [0, 0.1) is 5.92 Å². The van der Waals surface area contributed by atoms with E-state index < -0.39 is 0 Å². The molecule has 0 rings (SSSR count). The van der Waals surface area contributed by atoms with Gasteiger partial charge in [-0.05, 0) is 24.3 Å². The molecule has 0 aliphatic rings. The van der Waals surface area contributed by atoms with Crippen molar-refractivity contribution in [3.63, 3.8) is 0 Å². The molecule has 0 heterocycles. The van der Waals surface area contributed by atoms with E-state index in [1.165, 1.54) is 76.2 Å². The minimum atomic E-state index is 0.639. The van der Waals surface area contributed by atoms with E-state index in [1.54, 1.807) is 6.20 Å². The van der Waals surface area contributed by atoms with Crippen LogP contribution in [0.2, 0.25) is 0 Å². The number of hydrogen-bond donors (Lipinski definition) is 0. The first-order valence-corrected chi connectivity index (χ1v) is 9.67. The summed E-state index contributed by atoms with van der Waals surface area (Å²) in [5.74, 6) is 0.639. The van der Waals surface area contributed by atoms with Gasteiger partial charge in [0.25, 0.3) is 0 Å². The summed E-state index contributed by atoms with van der Waals surface area (Å²) in [5.41, 5.74) is 1.36. The van der Waals surface area contributed by atoms with Gasteiger partial charge in [0.1, 0.15) is 0 Å². The van der Waals surface area contributed by atoms with Crippen LogP contribution in [0.25, 0.3) is 0 Å². The van der Waals surface area contributed by atoms with Gasteiger partial charge in [-0.15, -0.1) is 0 Å². The minimum absolute atomic E-state index is 0.639. The van der Waals surface area contributed by atoms with Gasteiger partial charge in [0, 0.05) is 32.7 Å². The Morgan fingerprint density at radius 3 is 1.91 bits per heavy atom. The topological polar surface area (TPSA) is 15.6 Å². The Labute approximate surface area is 145 Å². The predicted octanol–water partition coefficient (Wildman–Crippen LogP) is 6.59. The first-order chi connectivity index (χ1) is 11.2. The number of hydrogen-bond acceptors (Lipinski definition) is 2. The van der Waals surface area contributed by atoms with Crippen LogP contribution in [0.5, 0.6) is 0 Å². The second-order valence-corrected chi connectivity index (χ2v) is 6.80. The van der Waals surface area contributed by atoms with E-state index in [-0.39, 0.29) is 0 Å². The van der Waals surface area contributed by atoms with Crippen molar-refractivity contribution >= 4 is 6.21 Å². The van der Waals surface area contributed by atoms with Crippen molar-refractivity contribution < 1.29 is 0 Å². The zero-order valence-electron chi connectivity index (χ0n) is 16.2. The average Bonchev–Trinajstić information content (AvgIpc) is 2.53. The maximum absolute atomic E-state index is 4.29. The van der Waals surface area contributed by atoms with Crippen molar-refractivity contribution in [3.05, 3.63) is 24.6 Å². The van der Waals surface area contributed by atoms with Gasteiger partial charge in [0.15, 0.2) is 0 Å². The fraction of sp³-hybridized carbons (Fsp3) is 0.762. The third kappa shape index (κ3) is 13.1. The highest BCUT2D eigenvalue weighted by atomic mass is 15.0. The third-order valence-corrected chi connectivity index (χ3v) is 4.27. The summed E-state index contributed by atoms with van der Waals surface area (Å²) in [4.78, 5) is 6.43. The molecule has 0 aliphatic carbocycles. The van der Waals surface area contributed by atoms with Crippen LogP contribution in [0.15, 0.2) is 29.5 Å². The molecule has 134 valence electrons. The van der Waals surface area contributed by atoms with E-state index in [1.807, 2.05) is 6.21 Å². The second kappa shape index (κ2) is 15.8. The molecule has 1 unspecified atom stereocenters. The van der Waals surface area contributed by atoms with Gasteiger partial charge >= 0.3 is 0 Å². The largest absolute Gasteiger partial charge is 0.383 e. The summed E-state index contributed by atoms with van der Waals surface area (Å²) in [5, 5.41) is 0. The van der Waals surface area contributed by atoms with Crippen molar-refractivity contribution in [2.45, 2.75) is 84.5 Å². The Morgan fingerprint density at radius 2 is 1.43 bits per heavy atom. The number of unbranched alkanes of at least 4 members (excludes halogenated alkanes) is 7. The molecule has 0 amide bonds. The van der Waals surface area contributed by atoms with E-state index >= 15 is 0 Å². The molecular formula is C21H40N2. The molecule has 0 saturated heterocycles. The Bertz CT molecular complexity index is 329. The molecule has 2 heteroatoms. The molecule has 0 fully saturated rings. The average molecular weight is 321 g/mol. The number of aliphatic imine (C=N–C) groups is 1. The van der Waals surface area contributed by atoms with Gasteiger partial charge < -0.3 is 4.90 Å². The monoisotopic (exact) mass is 320 g/mol. The fourth-order valence-electron chi connectivity index (χ4n) is 2.97. The second-order valence-electron chi connectivity index (χ2n) is 6.80. The Balaban J connectivity index is 4.67. The highest BCUT2D eigenvalue weighted by Gasteiger charge is 2.13. The van der Waals surface area contributed by atoms with Crippen LogP contribution in [-0.4, -0.2) is 25.2 Å². The molecule has 0 bridgehead atoms. The van der Waals surface area contributed by atoms with Crippen molar-refractivity contribution in [1.29, 1.82) is 0 Å². The fourth-order valence-corrected chi connectivity index (χ4v) is 2.97. The van der Waals surface area contributed by atoms with E-state index in [9.17, 15) is 0 Å². The van der Waals surface area contributed by atoms with Crippen LogP contribution >= 0.6 is 0 Å². The predicted molar refractivity (Wildman–Crippen MR) is 106 cm³/mol. The summed E-state index contributed by atoms with van der Waals surface area (Å²) in [6, 6.07) is 0. The molecule has 0 aromatic rings. The molecule has 23 heavy (non-hydrogen) atoms. The van der Waals surface area contributed by atoms with Gasteiger partial charge in [-0.1, -0.05) is 78.2 Å².